The summed E-state index contributed by atoms with van der Waals surface area (Å²) in [5.41, 5.74) is 1.20. The van der Waals surface area contributed by atoms with E-state index in [9.17, 15) is 4.57 Å². The highest BCUT2D eigenvalue weighted by Gasteiger charge is 2.19. The number of rotatable bonds is 2. The van der Waals surface area contributed by atoms with Crippen LogP contribution in [0.2, 0.25) is 0 Å². The monoisotopic (exact) mass is 258 g/mol. The van der Waals surface area contributed by atoms with Crippen molar-refractivity contribution in [2.45, 2.75) is 18.8 Å². The first kappa shape index (κ1) is 12.2. The highest BCUT2D eigenvalue weighted by atomic mass is 32.2. The van der Waals surface area contributed by atoms with Crippen LogP contribution in [0.5, 0.6) is 0 Å². The maximum absolute atomic E-state index is 11.0. The Morgan fingerprint density at radius 2 is 1.94 bits per heavy atom. The summed E-state index contributed by atoms with van der Waals surface area (Å²) in [5.74, 6) is 2.90. The minimum Gasteiger partial charge on any atom is -0.321 e. The number of hydrogen-bond donors (Lipinski definition) is 2. The summed E-state index contributed by atoms with van der Waals surface area (Å²) in [5, 5.41) is 0.111. The molecule has 16 heavy (non-hydrogen) atoms. The van der Waals surface area contributed by atoms with E-state index in [0.29, 0.717) is 5.92 Å². The molecular formula is C11H15O3PS. The Morgan fingerprint density at radius 1 is 1.25 bits per heavy atom. The molecule has 1 unspecified atom stereocenters. The van der Waals surface area contributed by atoms with Gasteiger partial charge in [0.15, 0.2) is 0 Å². The lowest BCUT2D eigenvalue weighted by molar-refractivity contribution is 0.387. The fourth-order valence-corrected chi connectivity index (χ4v) is 3.66. The molecule has 2 rings (SSSR count). The quantitative estimate of drug-likeness (QED) is 0.798. The summed E-state index contributed by atoms with van der Waals surface area (Å²) in [4.78, 5) is 18.0. The normalized spacial score (nSPS) is 22.0. The molecule has 0 spiro atoms. The molecule has 3 nitrogen and oxygen atoms in total. The summed E-state index contributed by atoms with van der Waals surface area (Å²) in [6.45, 7) is 0. The van der Waals surface area contributed by atoms with E-state index in [1.165, 1.54) is 24.2 Å². The average molecular weight is 258 g/mol. The van der Waals surface area contributed by atoms with Crippen LogP contribution in [-0.2, 0) is 4.57 Å². The number of thioether (sulfide) groups is 1. The van der Waals surface area contributed by atoms with Crippen LogP contribution in [0, 0.1) is 0 Å². The van der Waals surface area contributed by atoms with E-state index in [1.807, 2.05) is 23.9 Å². The molecule has 1 heterocycles. The molecule has 2 N–H and O–H groups in total. The summed E-state index contributed by atoms with van der Waals surface area (Å²) in [6.07, 6.45) is 2.41. The van der Waals surface area contributed by atoms with Crippen molar-refractivity contribution >= 4 is 24.7 Å². The molecule has 0 saturated carbocycles. The summed E-state index contributed by atoms with van der Waals surface area (Å²) in [7, 11) is -4.08. The SMILES string of the molecule is O=P(O)(O)c1ccc(C2CCCSC2)cc1. The van der Waals surface area contributed by atoms with Gasteiger partial charge in [-0.3, -0.25) is 4.57 Å². The van der Waals surface area contributed by atoms with E-state index in [4.69, 9.17) is 9.79 Å². The van der Waals surface area contributed by atoms with Gasteiger partial charge in [-0.25, -0.2) is 0 Å². The van der Waals surface area contributed by atoms with Crippen molar-refractivity contribution in [3.63, 3.8) is 0 Å². The van der Waals surface area contributed by atoms with Gasteiger partial charge >= 0.3 is 7.60 Å². The molecule has 1 aromatic carbocycles. The molecular weight excluding hydrogens is 243 g/mol. The van der Waals surface area contributed by atoms with Gasteiger partial charge in [0.25, 0.3) is 0 Å². The van der Waals surface area contributed by atoms with Crippen molar-refractivity contribution < 1.29 is 14.4 Å². The standard InChI is InChI=1S/C11H15O3PS/c12-15(13,14)11-5-3-9(4-6-11)10-2-1-7-16-8-10/h3-6,10H,1-2,7-8H2,(H2,12,13,14). The molecule has 0 aliphatic carbocycles. The third-order valence-corrected chi connectivity index (χ3v) is 5.05. The van der Waals surface area contributed by atoms with Crippen LogP contribution in [0.15, 0.2) is 24.3 Å². The minimum atomic E-state index is -4.08. The Balaban J connectivity index is 2.15. The van der Waals surface area contributed by atoms with Crippen molar-refractivity contribution in [2.24, 2.45) is 0 Å². The fraction of sp³-hybridized carbons (Fsp3) is 0.455. The molecule has 0 radical (unpaired) electrons. The molecule has 5 heteroatoms. The lowest BCUT2D eigenvalue weighted by atomic mass is 9.96. The van der Waals surface area contributed by atoms with Crippen LogP contribution >= 0.6 is 19.4 Å². The highest BCUT2D eigenvalue weighted by Crippen LogP contribution is 2.35. The summed E-state index contributed by atoms with van der Waals surface area (Å²) < 4.78 is 11.0. The van der Waals surface area contributed by atoms with Crippen molar-refractivity contribution in [1.29, 1.82) is 0 Å². The molecule has 0 aromatic heterocycles. The fourth-order valence-electron chi connectivity index (χ4n) is 1.94. The minimum absolute atomic E-state index is 0.111. The van der Waals surface area contributed by atoms with E-state index >= 15 is 0 Å². The van der Waals surface area contributed by atoms with Gasteiger partial charge in [-0.2, -0.15) is 11.8 Å². The molecule has 1 aliphatic heterocycles. The zero-order valence-electron chi connectivity index (χ0n) is 8.87. The van der Waals surface area contributed by atoms with E-state index in [1.54, 1.807) is 12.1 Å². The summed E-state index contributed by atoms with van der Waals surface area (Å²) in [6, 6.07) is 6.81. The van der Waals surface area contributed by atoms with Crippen LogP contribution in [0.25, 0.3) is 0 Å². The van der Waals surface area contributed by atoms with Crippen LogP contribution in [0.3, 0.4) is 0 Å². The maximum Gasteiger partial charge on any atom is 0.356 e. The predicted octanol–water partition coefficient (Wildman–Crippen LogP) is 2.10. The van der Waals surface area contributed by atoms with Gasteiger partial charge in [-0.05, 0) is 42.2 Å². The third-order valence-electron chi connectivity index (χ3n) is 2.86. The average Bonchev–Trinajstić information content (AvgIpc) is 2.29. The molecule has 1 aromatic rings. The molecule has 0 bridgehead atoms. The zero-order valence-corrected chi connectivity index (χ0v) is 10.6. The zero-order chi connectivity index (χ0) is 11.6. The van der Waals surface area contributed by atoms with Crippen molar-refractivity contribution in [1.82, 2.24) is 0 Å². The molecule has 1 atom stereocenters. The second kappa shape index (κ2) is 4.92. The maximum atomic E-state index is 11.0. The first-order valence-corrected chi connectivity index (χ1v) is 8.08. The second-order valence-electron chi connectivity index (χ2n) is 4.05. The highest BCUT2D eigenvalue weighted by molar-refractivity contribution is 7.99. The first-order chi connectivity index (χ1) is 7.57. The molecule has 88 valence electrons. The molecule has 1 fully saturated rings. The predicted molar refractivity (Wildman–Crippen MR) is 67.4 cm³/mol. The molecule has 1 saturated heterocycles. The van der Waals surface area contributed by atoms with Crippen LogP contribution < -0.4 is 5.30 Å². The van der Waals surface area contributed by atoms with Crippen LogP contribution in [0.4, 0.5) is 0 Å². The Bertz CT molecular complexity index is 392. The van der Waals surface area contributed by atoms with Gasteiger partial charge in [0.2, 0.25) is 0 Å². The van der Waals surface area contributed by atoms with Gasteiger partial charge in [0, 0.05) is 5.75 Å². The smallest absolute Gasteiger partial charge is 0.321 e. The van der Waals surface area contributed by atoms with Crippen LogP contribution in [0.1, 0.15) is 24.3 Å². The van der Waals surface area contributed by atoms with Crippen LogP contribution in [-0.4, -0.2) is 21.3 Å². The van der Waals surface area contributed by atoms with Crippen molar-refractivity contribution in [3.05, 3.63) is 29.8 Å². The largest absolute Gasteiger partial charge is 0.356 e. The van der Waals surface area contributed by atoms with Gasteiger partial charge in [-0.15, -0.1) is 0 Å². The third kappa shape index (κ3) is 2.89. The second-order valence-corrected chi connectivity index (χ2v) is 6.80. The van der Waals surface area contributed by atoms with E-state index in [0.717, 1.165) is 5.75 Å². The lowest BCUT2D eigenvalue weighted by Crippen LogP contribution is -2.10. The number of hydrogen-bond acceptors (Lipinski definition) is 2. The van der Waals surface area contributed by atoms with Gasteiger partial charge in [0.1, 0.15) is 0 Å². The van der Waals surface area contributed by atoms with Crippen molar-refractivity contribution in [2.75, 3.05) is 11.5 Å². The Morgan fingerprint density at radius 3 is 2.44 bits per heavy atom. The molecule has 1 aliphatic rings. The Hall–Kier alpha value is -0.280. The molecule has 0 amide bonds. The Labute approximate surface area is 99.4 Å². The lowest BCUT2D eigenvalue weighted by Gasteiger charge is -2.21. The summed E-state index contributed by atoms with van der Waals surface area (Å²) >= 11 is 1.95. The van der Waals surface area contributed by atoms with Gasteiger partial charge in [0.05, 0.1) is 5.30 Å². The van der Waals surface area contributed by atoms with E-state index < -0.39 is 7.60 Å². The first-order valence-electron chi connectivity index (χ1n) is 5.31. The van der Waals surface area contributed by atoms with Gasteiger partial charge < -0.3 is 9.79 Å². The van der Waals surface area contributed by atoms with E-state index in [2.05, 4.69) is 0 Å². The topological polar surface area (TPSA) is 57.5 Å². The Kier molecular flexibility index (Phi) is 3.75. The number of benzene rings is 1. The van der Waals surface area contributed by atoms with Gasteiger partial charge in [-0.1, -0.05) is 12.1 Å². The van der Waals surface area contributed by atoms with E-state index in [-0.39, 0.29) is 5.30 Å². The van der Waals surface area contributed by atoms with Crippen molar-refractivity contribution in [3.8, 4) is 0 Å².